The first-order chi connectivity index (χ1) is 14.0. The minimum absolute atomic E-state index is 0.276. The molecule has 0 bridgehead atoms. The average Bonchev–Trinajstić information content (AvgIpc) is 2.73. The molecule has 0 aromatic heterocycles. The molecule has 0 radical (unpaired) electrons. The molecule has 2 aliphatic heterocycles. The number of guanidine groups is 2. The molecule has 0 saturated carbocycles. The Morgan fingerprint density at radius 3 is 2.48 bits per heavy atom. The van der Waals surface area contributed by atoms with E-state index in [1.807, 2.05) is 6.07 Å². The van der Waals surface area contributed by atoms with Crippen LogP contribution in [0.1, 0.15) is 16.7 Å². The van der Waals surface area contributed by atoms with Crippen LogP contribution in [0.15, 0.2) is 52.4 Å². The van der Waals surface area contributed by atoms with Crippen molar-refractivity contribution >= 4 is 23.3 Å². The molecule has 0 spiro atoms. The smallest absolute Gasteiger partial charge is 0.222 e. The molecule has 1 fully saturated rings. The Morgan fingerprint density at radius 1 is 1.03 bits per heavy atom. The molecule has 2 aliphatic rings. The van der Waals surface area contributed by atoms with Gasteiger partial charge >= 0.3 is 0 Å². The van der Waals surface area contributed by atoms with Gasteiger partial charge in [0.1, 0.15) is 0 Å². The number of nitrogens with two attached hydrogens (primary N) is 1. The molecular formula is C22H28N6O. The molecule has 1 atom stereocenters. The van der Waals surface area contributed by atoms with Crippen LogP contribution in [0.25, 0.3) is 0 Å². The highest BCUT2D eigenvalue weighted by Gasteiger charge is 2.32. The van der Waals surface area contributed by atoms with Gasteiger partial charge in [0.15, 0.2) is 0 Å². The van der Waals surface area contributed by atoms with Crippen LogP contribution in [0.3, 0.4) is 0 Å². The van der Waals surface area contributed by atoms with Crippen molar-refractivity contribution in [2.45, 2.75) is 27.1 Å². The largest absolute Gasteiger partial charge is 0.378 e. The molecule has 3 N–H and O–H groups in total. The van der Waals surface area contributed by atoms with Gasteiger partial charge in [0.25, 0.3) is 0 Å². The fourth-order valence-electron chi connectivity index (χ4n) is 3.57. The highest BCUT2D eigenvalue weighted by molar-refractivity contribution is 6.06. The van der Waals surface area contributed by atoms with Crippen LogP contribution >= 0.6 is 0 Å². The standard InChI is InChI=1S/C22H28N6O/c1-15-7-9-18(10-8-15)28-21(24-19-6-4-5-16(2)17(19)3)25-20(23)26-22(28)27-11-13-29-14-12-27/h4-10,21,24H,11-14H2,1-3H3,(H2,23,25). The number of hydrogen-bond acceptors (Lipinski definition) is 7. The van der Waals surface area contributed by atoms with Crippen LogP contribution in [-0.4, -0.2) is 49.4 Å². The molecule has 7 heteroatoms. The highest BCUT2D eigenvalue weighted by Crippen LogP contribution is 2.26. The maximum atomic E-state index is 6.15. The summed E-state index contributed by atoms with van der Waals surface area (Å²) < 4.78 is 5.53. The number of hydrogen-bond donors (Lipinski definition) is 2. The van der Waals surface area contributed by atoms with Crippen molar-refractivity contribution in [1.82, 2.24) is 4.90 Å². The summed E-state index contributed by atoms with van der Waals surface area (Å²) in [7, 11) is 0. The van der Waals surface area contributed by atoms with Gasteiger partial charge in [-0.05, 0) is 50.1 Å². The van der Waals surface area contributed by atoms with E-state index in [0.29, 0.717) is 13.2 Å². The van der Waals surface area contributed by atoms with Gasteiger partial charge in [0.05, 0.1) is 13.2 Å². The second-order valence-electron chi connectivity index (χ2n) is 7.47. The lowest BCUT2D eigenvalue weighted by Gasteiger charge is -2.41. The van der Waals surface area contributed by atoms with Crippen molar-refractivity contribution in [3.05, 3.63) is 59.2 Å². The first-order valence-electron chi connectivity index (χ1n) is 9.96. The van der Waals surface area contributed by atoms with E-state index in [1.54, 1.807) is 0 Å². The maximum absolute atomic E-state index is 6.15. The predicted octanol–water partition coefficient (Wildman–Crippen LogP) is 2.83. The maximum Gasteiger partial charge on any atom is 0.222 e. The van der Waals surface area contributed by atoms with E-state index < -0.39 is 6.29 Å². The third-order valence-corrected chi connectivity index (χ3v) is 5.42. The molecule has 29 heavy (non-hydrogen) atoms. The molecule has 0 aliphatic carbocycles. The second kappa shape index (κ2) is 8.13. The Kier molecular flexibility index (Phi) is 5.40. The average molecular weight is 393 g/mol. The van der Waals surface area contributed by atoms with Gasteiger partial charge in [-0.3, -0.25) is 4.90 Å². The van der Waals surface area contributed by atoms with E-state index in [0.717, 1.165) is 30.4 Å². The lowest BCUT2D eigenvalue weighted by molar-refractivity contribution is 0.0671. The van der Waals surface area contributed by atoms with Crippen molar-refractivity contribution < 1.29 is 4.74 Å². The van der Waals surface area contributed by atoms with Gasteiger partial charge < -0.3 is 20.7 Å². The van der Waals surface area contributed by atoms with Gasteiger partial charge in [0, 0.05) is 24.5 Å². The number of benzene rings is 2. The van der Waals surface area contributed by atoms with Crippen molar-refractivity contribution in [2.24, 2.45) is 15.7 Å². The highest BCUT2D eigenvalue weighted by atomic mass is 16.5. The molecule has 7 nitrogen and oxygen atoms in total. The van der Waals surface area contributed by atoms with Crippen LogP contribution in [0.2, 0.25) is 0 Å². The van der Waals surface area contributed by atoms with Crippen LogP contribution in [0.5, 0.6) is 0 Å². The summed E-state index contributed by atoms with van der Waals surface area (Å²) in [4.78, 5) is 13.6. The van der Waals surface area contributed by atoms with E-state index in [1.165, 1.54) is 16.7 Å². The first kappa shape index (κ1) is 19.3. The van der Waals surface area contributed by atoms with E-state index in [-0.39, 0.29) is 5.96 Å². The Morgan fingerprint density at radius 2 is 1.76 bits per heavy atom. The number of aryl methyl sites for hydroxylation is 2. The van der Waals surface area contributed by atoms with Crippen LogP contribution < -0.4 is 16.0 Å². The number of aliphatic imine (C=N–C) groups is 2. The number of anilines is 2. The molecule has 2 aromatic rings. The number of rotatable bonds is 3. The molecule has 1 unspecified atom stereocenters. The summed E-state index contributed by atoms with van der Waals surface area (Å²) in [5, 5.41) is 3.57. The summed E-state index contributed by atoms with van der Waals surface area (Å²) in [6, 6.07) is 14.6. The Hall–Kier alpha value is -3.06. The molecule has 4 rings (SSSR count). The summed E-state index contributed by atoms with van der Waals surface area (Å²) >= 11 is 0. The SMILES string of the molecule is Cc1ccc(N2C(N3CCOCC3)=NC(N)=NC2Nc2cccc(C)c2C)cc1. The number of ether oxygens (including phenoxy) is 1. The zero-order chi connectivity index (χ0) is 20.4. The third-order valence-electron chi connectivity index (χ3n) is 5.42. The number of nitrogens with zero attached hydrogens (tertiary/aromatic N) is 4. The number of nitrogens with one attached hydrogen (secondary N) is 1. The monoisotopic (exact) mass is 392 g/mol. The number of morpholine rings is 1. The van der Waals surface area contributed by atoms with E-state index in [2.05, 4.69) is 82.3 Å². The Bertz CT molecular complexity index is 931. The van der Waals surface area contributed by atoms with Crippen molar-refractivity contribution in [1.29, 1.82) is 0 Å². The van der Waals surface area contributed by atoms with Crippen molar-refractivity contribution in [3.63, 3.8) is 0 Å². The van der Waals surface area contributed by atoms with Crippen molar-refractivity contribution in [2.75, 3.05) is 36.5 Å². The third kappa shape index (κ3) is 4.05. The van der Waals surface area contributed by atoms with Gasteiger partial charge in [-0.1, -0.05) is 29.8 Å². The van der Waals surface area contributed by atoms with Gasteiger partial charge in [0.2, 0.25) is 18.2 Å². The van der Waals surface area contributed by atoms with Crippen LogP contribution in [-0.2, 0) is 4.74 Å². The normalized spacial score (nSPS) is 19.6. The Balaban J connectivity index is 1.74. The summed E-state index contributed by atoms with van der Waals surface area (Å²) in [6.07, 6.45) is -0.395. The van der Waals surface area contributed by atoms with Gasteiger partial charge in [-0.2, -0.15) is 4.99 Å². The lowest BCUT2D eigenvalue weighted by Crippen LogP contribution is -2.57. The van der Waals surface area contributed by atoms with Crippen molar-refractivity contribution in [3.8, 4) is 0 Å². The molecular weight excluding hydrogens is 364 g/mol. The van der Waals surface area contributed by atoms with Gasteiger partial charge in [-0.15, -0.1) is 0 Å². The predicted molar refractivity (Wildman–Crippen MR) is 118 cm³/mol. The van der Waals surface area contributed by atoms with Crippen LogP contribution in [0, 0.1) is 20.8 Å². The van der Waals surface area contributed by atoms with E-state index in [9.17, 15) is 0 Å². The molecule has 1 saturated heterocycles. The zero-order valence-corrected chi connectivity index (χ0v) is 17.2. The zero-order valence-electron chi connectivity index (χ0n) is 17.2. The fraction of sp³-hybridized carbons (Fsp3) is 0.364. The summed E-state index contributed by atoms with van der Waals surface area (Å²) in [6.45, 7) is 9.19. The topological polar surface area (TPSA) is 78.5 Å². The van der Waals surface area contributed by atoms with Crippen LogP contribution in [0.4, 0.5) is 11.4 Å². The molecule has 2 heterocycles. The lowest BCUT2D eigenvalue weighted by atomic mass is 10.1. The second-order valence-corrected chi connectivity index (χ2v) is 7.47. The summed E-state index contributed by atoms with van der Waals surface area (Å²) in [5.74, 6) is 1.07. The quantitative estimate of drug-likeness (QED) is 0.840. The van der Waals surface area contributed by atoms with E-state index in [4.69, 9.17) is 10.5 Å². The molecule has 0 amide bonds. The molecule has 2 aromatic carbocycles. The van der Waals surface area contributed by atoms with Gasteiger partial charge in [-0.25, -0.2) is 4.99 Å². The minimum Gasteiger partial charge on any atom is -0.378 e. The Labute approximate surface area is 171 Å². The van der Waals surface area contributed by atoms with E-state index >= 15 is 0 Å². The fourth-order valence-corrected chi connectivity index (χ4v) is 3.57. The summed E-state index contributed by atoms with van der Waals surface area (Å²) in [5.41, 5.74) is 11.8. The first-order valence-corrected chi connectivity index (χ1v) is 9.96. The molecule has 152 valence electrons. The minimum atomic E-state index is -0.395.